The molecule has 4 aromatic rings. The van der Waals surface area contributed by atoms with E-state index in [9.17, 15) is 13.2 Å². The van der Waals surface area contributed by atoms with Gasteiger partial charge in [-0.15, -0.1) is 15.6 Å². The lowest BCUT2D eigenvalue weighted by molar-refractivity contribution is 0.0608. The van der Waals surface area contributed by atoms with E-state index in [2.05, 4.69) is 15.2 Å². The Hall–Kier alpha value is -3.39. The fourth-order valence-corrected chi connectivity index (χ4v) is 5.61. The highest BCUT2D eigenvalue weighted by Crippen LogP contribution is 2.41. The van der Waals surface area contributed by atoms with E-state index < -0.39 is 32.4 Å². The van der Waals surface area contributed by atoms with Gasteiger partial charge in [0.15, 0.2) is 5.82 Å². The first-order chi connectivity index (χ1) is 17.8. The summed E-state index contributed by atoms with van der Waals surface area (Å²) in [6.07, 6.45) is 0.192. The zero-order valence-electron chi connectivity index (χ0n) is 20.0. The van der Waals surface area contributed by atoms with Crippen molar-refractivity contribution in [2.75, 3.05) is 10.0 Å². The molecule has 0 saturated heterocycles. The third-order valence-corrected chi connectivity index (χ3v) is 7.60. The van der Waals surface area contributed by atoms with Crippen LogP contribution >= 0.6 is 34.5 Å². The lowest BCUT2D eigenvalue weighted by atomic mass is 10.1. The maximum absolute atomic E-state index is 15.4. The molecule has 0 aliphatic heterocycles. The first-order valence-corrected chi connectivity index (χ1v) is 13.8. The molecule has 2 aromatic carbocycles. The average Bonchev–Trinajstić information content (AvgIpc) is 3.47. The van der Waals surface area contributed by atoms with Crippen LogP contribution in [-0.2, 0) is 14.8 Å². The van der Waals surface area contributed by atoms with Gasteiger partial charge in [-0.05, 0) is 45.0 Å². The number of hydrogen-bond donors (Lipinski definition) is 2. The highest BCUT2D eigenvalue weighted by atomic mass is 35.5. The Kier molecular flexibility index (Phi) is 7.57. The number of H-pyrrole nitrogens is 1. The normalized spacial score (nSPS) is 11.8. The summed E-state index contributed by atoms with van der Waals surface area (Å²) in [6.45, 7) is 4.67. The van der Waals surface area contributed by atoms with Crippen LogP contribution in [0.25, 0.3) is 11.1 Å². The molecule has 10 nitrogen and oxygen atoms in total. The molecule has 0 radical (unpaired) electrons. The van der Waals surface area contributed by atoms with Crippen molar-refractivity contribution in [3.63, 3.8) is 0 Å². The summed E-state index contributed by atoms with van der Waals surface area (Å²) in [7, 11) is -4.85. The Balaban J connectivity index is 1.75. The van der Waals surface area contributed by atoms with Gasteiger partial charge >= 0.3 is 6.09 Å². The fourth-order valence-electron chi connectivity index (χ4n) is 3.24. The number of nitrogen functional groups attached to an aromatic ring is 1. The van der Waals surface area contributed by atoms with Crippen LogP contribution < -0.4 is 14.8 Å². The number of rotatable bonds is 6. The van der Waals surface area contributed by atoms with Gasteiger partial charge in [0.05, 0.1) is 16.7 Å². The Morgan fingerprint density at radius 3 is 2.50 bits per heavy atom. The summed E-state index contributed by atoms with van der Waals surface area (Å²) in [5.74, 6) is -1.27. The second-order valence-electron chi connectivity index (χ2n) is 8.75. The number of aromatic nitrogens is 3. The molecule has 0 fully saturated rings. The quantitative estimate of drug-likeness (QED) is 0.256. The average molecular weight is 600 g/mol. The zero-order valence-corrected chi connectivity index (χ0v) is 23.2. The number of benzene rings is 2. The maximum atomic E-state index is 15.4. The number of nitrogens with two attached hydrogens (primary N) is 1. The van der Waals surface area contributed by atoms with E-state index in [1.165, 1.54) is 29.2 Å². The topological polar surface area (TPSA) is 140 Å². The van der Waals surface area contributed by atoms with Crippen molar-refractivity contribution < 1.29 is 27.1 Å². The van der Waals surface area contributed by atoms with E-state index >= 15 is 4.39 Å². The molecule has 0 atom stereocenters. The molecule has 0 aliphatic rings. The fraction of sp³-hybridized carbons (Fsp3) is 0.174. The predicted molar refractivity (Wildman–Crippen MR) is 143 cm³/mol. The number of ether oxygens (including phenoxy) is 2. The molecule has 15 heteroatoms. The number of nitrogens with zero attached hydrogens (tertiary/aromatic N) is 3. The molecule has 38 heavy (non-hydrogen) atoms. The summed E-state index contributed by atoms with van der Waals surface area (Å²) in [6, 6.07) is 6.24. The van der Waals surface area contributed by atoms with Crippen LogP contribution in [0.4, 0.5) is 20.8 Å². The molecule has 1 amide bonds. The molecular formula is C23H20Cl2FN5O5S2. The molecule has 0 aliphatic carbocycles. The summed E-state index contributed by atoms with van der Waals surface area (Å²) >= 11 is 13.5. The molecule has 0 unspecified atom stereocenters. The minimum Gasteiger partial charge on any atom is -0.455 e. The van der Waals surface area contributed by atoms with E-state index in [4.69, 9.17) is 38.4 Å². The van der Waals surface area contributed by atoms with Crippen molar-refractivity contribution in [1.29, 1.82) is 0 Å². The molecule has 2 heterocycles. The number of halogens is 3. The maximum Gasteiger partial charge on any atom is 0.430 e. The molecule has 0 bridgehead atoms. The van der Waals surface area contributed by atoms with Gasteiger partial charge in [0.25, 0.3) is 10.0 Å². The van der Waals surface area contributed by atoms with E-state index in [1.54, 1.807) is 26.8 Å². The second kappa shape index (κ2) is 10.4. The Labute approximate surface area is 231 Å². The smallest absolute Gasteiger partial charge is 0.430 e. The molecule has 0 saturated carbocycles. The number of hydrogen-bond acceptors (Lipinski definition) is 9. The third kappa shape index (κ3) is 5.70. The van der Waals surface area contributed by atoms with Gasteiger partial charge in [-0.3, -0.25) is 5.10 Å². The monoisotopic (exact) mass is 599 g/mol. The van der Waals surface area contributed by atoms with E-state index in [0.29, 0.717) is 16.1 Å². The molecule has 200 valence electrons. The van der Waals surface area contributed by atoms with Crippen molar-refractivity contribution in [2.45, 2.75) is 31.3 Å². The van der Waals surface area contributed by atoms with E-state index in [0.717, 1.165) is 23.5 Å². The van der Waals surface area contributed by atoms with Crippen molar-refractivity contribution in [3.05, 3.63) is 63.3 Å². The number of thiazole rings is 1. The number of sulfonamides is 1. The summed E-state index contributed by atoms with van der Waals surface area (Å²) < 4.78 is 53.7. The Bertz CT molecular complexity index is 1600. The van der Waals surface area contributed by atoms with Gasteiger partial charge in [-0.1, -0.05) is 23.2 Å². The molecular weight excluding hydrogens is 580 g/mol. The molecule has 2 aromatic heterocycles. The number of carbonyl (C=O) groups is 1. The minimum atomic E-state index is -4.85. The molecule has 0 spiro atoms. The van der Waals surface area contributed by atoms with Gasteiger partial charge in [0.1, 0.15) is 33.6 Å². The standard InChI is InChI=1S/C23H20Cl2FN5O5S2/c1-23(2,3)36-22(32)31(20-10-37-11-28-20)38(33,34)19-7-15(25)18(8-16(19)26)35-17-5-4-12(24)6-13(17)14-9-29-30-21(14)27/h4-11H,1-3H3,(H3,27,29,30). The number of anilines is 2. The lowest BCUT2D eigenvalue weighted by Crippen LogP contribution is -2.41. The predicted octanol–water partition coefficient (Wildman–Crippen LogP) is 6.48. The van der Waals surface area contributed by atoms with Crippen LogP contribution in [0.5, 0.6) is 11.5 Å². The van der Waals surface area contributed by atoms with Crippen molar-refractivity contribution in [1.82, 2.24) is 15.2 Å². The lowest BCUT2D eigenvalue weighted by Gasteiger charge is -2.26. The van der Waals surface area contributed by atoms with Gasteiger partial charge < -0.3 is 15.2 Å². The molecule has 3 N–H and O–H groups in total. The third-order valence-electron chi connectivity index (χ3n) is 4.81. The Morgan fingerprint density at radius 1 is 1.16 bits per heavy atom. The van der Waals surface area contributed by atoms with Gasteiger partial charge in [0, 0.05) is 27.6 Å². The van der Waals surface area contributed by atoms with Crippen LogP contribution in [0.15, 0.2) is 52.3 Å². The summed E-state index contributed by atoms with van der Waals surface area (Å²) in [5, 5.41) is 7.89. The number of aromatic amines is 1. The molecule has 4 rings (SSSR count). The zero-order chi connectivity index (χ0) is 27.8. The van der Waals surface area contributed by atoms with Crippen molar-refractivity contribution in [3.8, 4) is 22.6 Å². The van der Waals surface area contributed by atoms with Crippen LogP contribution in [0.1, 0.15) is 20.8 Å². The Morgan fingerprint density at radius 2 is 1.89 bits per heavy atom. The van der Waals surface area contributed by atoms with Crippen LogP contribution in [0, 0.1) is 5.82 Å². The summed E-state index contributed by atoms with van der Waals surface area (Å²) in [4.78, 5) is 15.9. The second-order valence-corrected chi connectivity index (χ2v) is 12.1. The number of amides is 1. The number of carbonyl (C=O) groups excluding carboxylic acids is 1. The minimum absolute atomic E-state index is 0.192. The first kappa shape index (κ1) is 27.6. The van der Waals surface area contributed by atoms with Crippen LogP contribution in [0.3, 0.4) is 0 Å². The van der Waals surface area contributed by atoms with Crippen LogP contribution in [-0.4, -0.2) is 35.3 Å². The van der Waals surface area contributed by atoms with Crippen molar-refractivity contribution >= 4 is 62.3 Å². The highest BCUT2D eigenvalue weighted by molar-refractivity contribution is 7.93. The van der Waals surface area contributed by atoms with Crippen molar-refractivity contribution in [2.24, 2.45) is 0 Å². The van der Waals surface area contributed by atoms with E-state index in [-0.39, 0.29) is 32.5 Å². The largest absolute Gasteiger partial charge is 0.455 e. The highest BCUT2D eigenvalue weighted by Gasteiger charge is 2.38. The number of nitrogens with one attached hydrogen (secondary N) is 1. The SMILES string of the molecule is CC(C)(C)OC(=O)N(c1cscn1)S(=O)(=O)c1cc(Cl)c(Oc2ccc(Cl)cc2-c2cn[nH]c2N)cc1F. The van der Waals surface area contributed by atoms with Crippen LogP contribution in [0.2, 0.25) is 10.0 Å². The first-order valence-electron chi connectivity index (χ1n) is 10.7. The summed E-state index contributed by atoms with van der Waals surface area (Å²) in [5.41, 5.74) is 7.10. The van der Waals surface area contributed by atoms with Gasteiger partial charge in [-0.25, -0.2) is 22.6 Å². The van der Waals surface area contributed by atoms with Gasteiger partial charge in [0.2, 0.25) is 0 Å². The van der Waals surface area contributed by atoms with Gasteiger partial charge in [-0.2, -0.15) is 5.10 Å². The van der Waals surface area contributed by atoms with E-state index in [1.807, 2.05) is 0 Å².